The maximum Gasteiger partial charge on any atom is 0.109 e. The van der Waals surface area contributed by atoms with Gasteiger partial charge in [-0.1, -0.05) is 13.8 Å². The van der Waals surface area contributed by atoms with Crippen LogP contribution < -0.4 is 5.32 Å². The van der Waals surface area contributed by atoms with E-state index in [9.17, 15) is 0 Å². The van der Waals surface area contributed by atoms with Gasteiger partial charge in [-0.2, -0.15) is 11.8 Å². The average Bonchev–Trinajstić information content (AvgIpc) is 2.67. The number of rotatable bonds is 6. The van der Waals surface area contributed by atoms with Gasteiger partial charge in [0.25, 0.3) is 0 Å². The molecule has 1 unspecified atom stereocenters. The van der Waals surface area contributed by atoms with Crippen molar-refractivity contribution in [2.45, 2.75) is 52.5 Å². The topological polar surface area (TPSA) is 25.2 Å². The molecule has 1 aliphatic rings. The first-order valence-electron chi connectivity index (χ1n) is 7.33. The van der Waals surface area contributed by atoms with E-state index in [1.165, 1.54) is 36.3 Å². The first-order valence-corrected chi connectivity index (χ1v) is 8.73. The number of aryl methyl sites for hydroxylation is 1. The highest BCUT2D eigenvalue weighted by atomic mass is 32.2. The van der Waals surface area contributed by atoms with Crippen LogP contribution in [0.15, 0.2) is 10.5 Å². The summed E-state index contributed by atoms with van der Waals surface area (Å²) in [7, 11) is 0. The lowest BCUT2D eigenvalue weighted by Crippen LogP contribution is -2.33. The molecule has 3 heteroatoms. The molecule has 0 bridgehead atoms. The molecule has 1 N–H and O–H groups in total. The lowest BCUT2D eigenvalue weighted by molar-refractivity contribution is 0.234. The third-order valence-electron chi connectivity index (χ3n) is 3.90. The fourth-order valence-electron chi connectivity index (χ4n) is 3.01. The fraction of sp³-hybridized carbons (Fsp3) is 0.750. The van der Waals surface area contributed by atoms with Crippen molar-refractivity contribution in [2.24, 2.45) is 5.41 Å². The largest absolute Gasteiger partial charge is 0.466 e. The van der Waals surface area contributed by atoms with Crippen LogP contribution in [-0.4, -0.2) is 18.6 Å². The molecule has 1 aliphatic carbocycles. The van der Waals surface area contributed by atoms with Crippen LogP contribution in [0.1, 0.15) is 56.2 Å². The van der Waals surface area contributed by atoms with Gasteiger partial charge in [-0.05, 0) is 56.2 Å². The second-order valence-electron chi connectivity index (χ2n) is 6.49. The number of fused-ring (bicyclic) bond motifs is 1. The van der Waals surface area contributed by atoms with Crippen LogP contribution in [-0.2, 0) is 6.42 Å². The molecular weight excluding hydrogens is 254 g/mol. The number of furan rings is 1. The summed E-state index contributed by atoms with van der Waals surface area (Å²) in [4.78, 5) is 0. The Morgan fingerprint density at radius 2 is 2.21 bits per heavy atom. The molecule has 0 saturated heterocycles. The van der Waals surface area contributed by atoms with Gasteiger partial charge in [0.1, 0.15) is 11.5 Å². The number of hydrogen-bond acceptors (Lipinski definition) is 3. The Morgan fingerprint density at radius 1 is 1.42 bits per heavy atom. The standard InChI is InChI=1S/C16H27NOS/c1-12-9-13-14(17-7-5-6-8-19-4)10-16(2,3)11-15(13)18-12/h9,14,17H,5-8,10-11H2,1-4H3. The highest BCUT2D eigenvalue weighted by molar-refractivity contribution is 7.98. The zero-order valence-electron chi connectivity index (χ0n) is 12.7. The van der Waals surface area contributed by atoms with Gasteiger partial charge < -0.3 is 9.73 Å². The smallest absolute Gasteiger partial charge is 0.109 e. The van der Waals surface area contributed by atoms with Crippen molar-refractivity contribution in [3.63, 3.8) is 0 Å². The quantitative estimate of drug-likeness (QED) is 0.786. The van der Waals surface area contributed by atoms with E-state index < -0.39 is 0 Å². The van der Waals surface area contributed by atoms with E-state index in [0.29, 0.717) is 11.5 Å². The summed E-state index contributed by atoms with van der Waals surface area (Å²) in [6.07, 6.45) is 7.03. The second kappa shape index (κ2) is 6.36. The first-order chi connectivity index (χ1) is 9.02. The molecule has 1 heterocycles. The molecule has 0 aliphatic heterocycles. The maximum absolute atomic E-state index is 5.87. The first kappa shape index (κ1) is 15.0. The Balaban J connectivity index is 1.95. The minimum atomic E-state index is 0.341. The minimum Gasteiger partial charge on any atom is -0.466 e. The highest BCUT2D eigenvalue weighted by Gasteiger charge is 2.34. The lowest BCUT2D eigenvalue weighted by atomic mass is 9.74. The zero-order chi connectivity index (χ0) is 13.9. The van der Waals surface area contributed by atoms with Gasteiger partial charge in [0.2, 0.25) is 0 Å². The van der Waals surface area contributed by atoms with Gasteiger partial charge in [-0.3, -0.25) is 0 Å². The summed E-state index contributed by atoms with van der Waals surface area (Å²) in [5.74, 6) is 3.53. The molecule has 0 saturated carbocycles. The molecule has 0 aromatic carbocycles. The monoisotopic (exact) mass is 281 g/mol. The summed E-state index contributed by atoms with van der Waals surface area (Å²) in [5, 5.41) is 3.74. The van der Waals surface area contributed by atoms with Crippen LogP contribution in [0.5, 0.6) is 0 Å². The van der Waals surface area contributed by atoms with Crippen LogP contribution >= 0.6 is 11.8 Å². The van der Waals surface area contributed by atoms with Gasteiger partial charge in [0, 0.05) is 18.0 Å². The summed E-state index contributed by atoms with van der Waals surface area (Å²) in [5.41, 5.74) is 1.75. The summed E-state index contributed by atoms with van der Waals surface area (Å²) in [6.45, 7) is 7.86. The van der Waals surface area contributed by atoms with Gasteiger partial charge in [-0.25, -0.2) is 0 Å². The van der Waals surface area contributed by atoms with Crippen LogP contribution in [0, 0.1) is 12.3 Å². The predicted molar refractivity (Wildman–Crippen MR) is 83.9 cm³/mol. The SMILES string of the molecule is CSCCCCNC1CC(C)(C)Cc2oc(C)cc21. The summed E-state index contributed by atoms with van der Waals surface area (Å²) < 4.78 is 5.87. The molecule has 1 atom stereocenters. The highest BCUT2D eigenvalue weighted by Crippen LogP contribution is 2.41. The Kier molecular flexibility index (Phi) is 5.02. The van der Waals surface area contributed by atoms with Crippen LogP contribution in [0.2, 0.25) is 0 Å². The molecule has 0 fully saturated rings. The van der Waals surface area contributed by atoms with Crippen molar-refractivity contribution < 1.29 is 4.42 Å². The van der Waals surface area contributed by atoms with Gasteiger partial charge >= 0.3 is 0 Å². The Morgan fingerprint density at radius 3 is 2.95 bits per heavy atom. The molecule has 2 nitrogen and oxygen atoms in total. The Labute approximate surface area is 121 Å². The van der Waals surface area contributed by atoms with E-state index in [1.54, 1.807) is 0 Å². The molecule has 0 spiro atoms. The summed E-state index contributed by atoms with van der Waals surface area (Å²) >= 11 is 1.94. The lowest BCUT2D eigenvalue weighted by Gasteiger charge is -2.34. The molecular formula is C16H27NOS. The van der Waals surface area contributed by atoms with E-state index in [2.05, 4.69) is 38.4 Å². The van der Waals surface area contributed by atoms with E-state index in [0.717, 1.165) is 18.7 Å². The third-order valence-corrected chi connectivity index (χ3v) is 4.60. The van der Waals surface area contributed by atoms with Crippen molar-refractivity contribution in [1.29, 1.82) is 0 Å². The second-order valence-corrected chi connectivity index (χ2v) is 7.47. The van der Waals surface area contributed by atoms with E-state index in [-0.39, 0.29) is 0 Å². The zero-order valence-corrected chi connectivity index (χ0v) is 13.5. The molecule has 108 valence electrons. The van der Waals surface area contributed by atoms with E-state index in [1.807, 2.05) is 11.8 Å². The minimum absolute atomic E-state index is 0.341. The van der Waals surface area contributed by atoms with Gasteiger partial charge in [0.05, 0.1) is 0 Å². The maximum atomic E-state index is 5.87. The van der Waals surface area contributed by atoms with E-state index >= 15 is 0 Å². The number of hydrogen-bond donors (Lipinski definition) is 1. The molecule has 2 rings (SSSR count). The average molecular weight is 281 g/mol. The van der Waals surface area contributed by atoms with Crippen molar-refractivity contribution in [2.75, 3.05) is 18.6 Å². The van der Waals surface area contributed by atoms with Crippen molar-refractivity contribution in [1.82, 2.24) is 5.32 Å². The molecule has 19 heavy (non-hydrogen) atoms. The van der Waals surface area contributed by atoms with Crippen LogP contribution in [0.4, 0.5) is 0 Å². The third kappa shape index (κ3) is 4.03. The molecule has 1 aromatic heterocycles. The Bertz CT molecular complexity index is 411. The Hall–Kier alpha value is -0.410. The summed E-state index contributed by atoms with van der Waals surface area (Å²) in [6, 6.07) is 2.70. The molecule has 0 amide bonds. The van der Waals surface area contributed by atoms with E-state index in [4.69, 9.17) is 4.42 Å². The molecule has 1 aromatic rings. The van der Waals surface area contributed by atoms with Crippen molar-refractivity contribution >= 4 is 11.8 Å². The van der Waals surface area contributed by atoms with Gasteiger partial charge in [0.15, 0.2) is 0 Å². The van der Waals surface area contributed by atoms with Gasteiger partial charge in [-0.15, -0.1) is 0 Å². The predicted octanol–water partition coefficient (Wildman–Crippen LogP) is 4.33. The number of nitrogens with one attached hydrogen (secondary N) is 1. The number of thioether (sulfide) groups is 1. The molecule has 0 radical (unpaired) electrons. The number of unbranched alkanes of at least 4 members (excludes halogenated alkanes) is 1. The van der Waals surface area contributed by atoms with Crippen molar-refractivity contribution in [3.8, 4) is 0 Å². The normalized spacial score (nSPS) is 21.4. The van der Waals surface area contributed by atoms with Crippen molar-refractivity contribution in [3.05, 3.63) is 23.2 Å². The van der Waals surface area contributed by atoms with Crippen LogP contribution in [0.3, 0.4) is 0 Å². The van der Waals surface area contributed by atoms with Crippen LogP contribution in [0.25, 0.3) is 0 Å². The fourth-order valence-corrected chi connectivity index (χ4v) is 3.51.